The molecular formula is C23H29N7O3. The largest absolute Gasteiger partial charge is 0.377 e. The number of piperazine rings is 1. The minimum Gasteiger partial charge on any atom is -0.377 e. The Hall–Kier alpha value is -3.24. The van der Waals surface area contributed by atoms with Crippen molar-refractivity contribution in [2.45, 2.75) is 32.9 Å². The van der Waals surface area contributed by atoms with Gasteiger partial charge < -0.3 is 15.0 Å². The molecule has 3 aromatic heterocycles. The van der Waals surface area contributed by atoms with Crippen LogP contribution in [0.1, 0.15) is 34.4 Å². The van der Waals surface area contributed by atoms with Gasteiger partial charge in [-0.3, -0.25) is 23.9 Å². The van der Waals surface area contributed by atoms with Crippen LogP contribution >= 0.6 is 0 Å². The SMILES string of the molecule is CCc1cn2cc(CN3CCN(c4ccc(C(=O)NC5COC5)nc4C)CC3)nc2[nH]c1=O. The summed E-state index contributed by atoms with van der Waals surface area (Å²) in [6, 6.07) is 3.88. The van der Waals surface area contributed by atoms with Gasteiger partial charge in [-0.2, -0.15) is 0 Å². The summed E-state index contributed by atoms with van der Waals surface area (Å²) in [6.45, 7) is 9.34. The second kappa shape index (κ2) is 8.95. The zero-order chi connectivity index (χ0) is 22.9. The first-order valence-electron chi connectivity index (χ1n) is 11.4. The molecular weight excluding hydrogens is 422 g/mol. The van der Waals surface area contributed by atoms with Crippen LogP contribution in [-0.4, -0.2) is 75.6 Å². The highest BCUT2D eigenvalue weighted by molar-refractivity contribution is 5.93. The number of hydrogen-bond donors (Lipinski definition) is 2. The highest BCUT2D eigenvalue weighted by Crippen LogP contribution is 2.21. The van der Waals surface area contributed by atoms with Crippen LogP contribution < -0.4 is 15.8 Å². The molecule has 0 aromatic carbocycles. The number of anilines is 1. The highest BCUT2D eigenvalue weighted by Gasteiger charge is 2.23. The molecule has 10 nitrogen and oxygen atoms in total. The molecule has 0 radical (unpaired) electrons. The molecule has 0 unspecified atom stereocenters. The van der Waals surface area contributed by atoms with Crippen molar-refractivity contribution >= 4 is 17.4 Å². The van der Waals surface area contributed by atoms with Crippen molar-refractivity contribution in [3.8, 4) is 0 Å². The number of imidazole rings is 1. The van der Waals surface area contributed by atoms with Crippen LogP contribution in [0.2, 0.25) is 0 Å². The van der Waals surface area contributed by atoms with Gasteiger partial charge in [0.15, 0.2) is 0 Å². The van der Waals surface area contributed by atoms with Crippen LogP contribution in [0.5, 0.6) is 0 Å². The smallest absolute Gasteiger partial charge is 0.270 e. The van der Waals surface area contributed by atoms with Crippen LogP contribution in [0, 0.1) is 6.92 Å². The number of ether oxygens (including phenoxy) is 1. The summed E-state index contributed by atoms with van der Waals surface area (Å²) < 4.78 is 7.00. The molecule has 0 atom stereocenters. The summed E-state index contributed by atoms with van der Waals surface area (Å²) in [4.78, 5) is 41.0. The summed E-state index contributed by atoms with van der Waals surface area (Å²) in [7, 11) is 0. The van der Waals surface area contributed by atoms with Crippen molar-refractivity contribution in [2.24, 2.45) is 0 Å². The van der Waals surface area contributed by atoms with E-state index >= 15 is 0 Å². The Kier molecular flexibility index (Phi) is 5.86. The minimum absolute atomic E-state index is 0.0692. The molecule has 33 heavy (non-hydrogen) atoms. The van der Waals surface area contributed by atoms with Gasteiger partial charge >= 0.3 is 0 Å². The number of nitrogens with one attached hydrogen (secondary N) is 2. The predicted octanol–water partition coefficient (Wildman–Crippen LogP) is 0.739. The van der Waals surface area contributed by atoms with E-state index in [0.717, 1.165) is 55.4 Å². The maximum atomic E-state index is 12.3. The molecule has 2 aliphatic heterocycles. The van der Waals surface area contributed by atoms with Gasteiger partial charge in [0.25, 0.3) is 11.5 Å². The summed E-state index contributed by atoms with van der Waals surface area (Å²) in [5.41, 5.74) is 3.99. The first-order valence-corrected chi connectivity index (χ1v) is 11.4. The van der Waals surface area contributed by atoms with E-state index in [1.807, 2.05) is 36.7 Å². The van der Waals surface area contributed by atoms with Crippen molar-refractivity contribution < 1.29 is 9.53 Å². The molecule has 3 aromatic rings. The number of H-pyrrole nitrogens is 1. The van der Waals surface area contributed by atoms with E-state index in [-0.39, 0.29) is 17.5 Å². The Labute approximate surface area is 191 Å². The van der Waals surface area contributed by atoms with Crippen molar-refractivity contribution in [2.75, 3.05) is 44.3 Å². The third kappa shape index (κ3) is 4.49. The normalized spacial score (nSPS) is 17.3. The van der Waals surface area contributed by atoms with Gasteiger partial charge in [-0.05, 0) is 25.5 Å². The van der Waals surface area contributed by atoms with Crippen LogP contribution in [0.25, 0.3) is 5.78 Å². The highest BCUT2D eigenvalue weighted by atomic mass is 16.5. The van der Waals surface area contributed by atoms with E-state index in [4.69, 9.17) is 4.74 Å². The summed E-state index contributed by atoms with van der Waals surface area (Å²) in [5, 5.41) is 2.93. The van der Waals surface area contributed by atoms with Crippen LogP contribution in [0.4, 0.5) is 5.69 Å². The number of pyridine rings is 1. The zero-order valence-corrected chi connectivity index (χ0v) is 19.0. The maximum absolute atomic E-state index is 12.3. The minimum atomic E-state index is -0.150. The molecule has 5 rings (SSSR count). The van der Waals surface area contributed by atoms with Gasteiger partial charge in [-0.1, -0.05) is 6.92 Å². The number of fused-ring (bicyclic) bond motifs is 1. The fourth-order valence-electron chi connectivity index (χ4n) is 4.34. The number of amides is 1. The Balaban J connectivity index is 1.20. The topological polar surface area (TPSA) is 108 Å². The molecule has 10 heteroatoms. The first kappa shape index (κ1) is 21.6. The number of hydrogen-bond acceptors (Lipinski definition) is 7. The lowest BCUT2D eigenvalue weighted by atomic mass is 10.2. The van der Waals surface area contributed by atoms with Gasteiger partial charge in [-0.25, -0.2) is 9.97 Å². The lowest BCUT2D eigenvalue weighted by molar-refractivity contribution is -0.00355. The van der Waals surface area contributed by atoms with E-state index in [1.54, 1.807) is 6.07 Å². The lowest BCUT2D eigenvalue weighted by Gasteiger charge is -2.36. The average molecular weight is 452 g/mol. The van der Waals surface area contributed by atoms with Crippen LogP contribution in [0.15, 0.2) is 29.3 Å². The van der Waals surface area contributed by atoms with Gasteiger partial charge in [0.05, 0.1) is 36.3 Å². The van der Waals surface area contributed by atoms with Gasteiger partial charge in [0.1, 0.15) is 5.69 Å². The average Bonchev–Trinajstić information content (AvgIpc) is 3.17. The molecule has 1 amide bonds. The molecule has 2 fully saturated rings. The zero-order valence-electron chi connectivity index (χ0n) is 19.0. The molecule has 5 heterocycles. The Morgan fingerprint density at radius 1 is 1.18 bits per heavy atom. The molecule has 0 aliphatic carbocycles. The summed E-state index contributed by atoms with van der Waals surface area (Å²) >= 11 is 0. The number of rotatable bonds is 6. The van der Waals surface area contributed by atoms with Gasteiger partial charge in [0.2, 0.25) is 5.78 Å². The number of carbonyl (C=O) groups excluding carboxylic acids is 1. The third-order valence-corrected chi connectivity index (χ3v) is 6.34. The predicted molar refractivity (Wildman–Crippen MR) is 124 cm³/mol. The Morgan fingerprint density at radius 3 is 2.64 bits per heavy atom. The Morgan fingerprint density at radius 2 is 1.97 bits per heavy atom. The fourth-order valence-corrected chi connectivity index (χ4v) is 4.34. The number of nitrogens with zero attached hydrogens (tertiary/aromatic N) is 5. The molecule has 0 spiro atoms. The van der Waals surface area contributed by atoms with E-state index < -0.39 is 0 Å². The summed E-state index contributed by atoms with van der Waals surface area (Å²) in [5.74, 6) is 0.434. The number of aromatic amines is 1. The molecule has 0 bridgehead atoms. The number of aromatic nitrogens is 4. The molecule has 2 saturated heterocycles. The molecule has 2 N–H and O–H groups in total. The second-order valence-electron chi connectivity index (χ2n) is 8.70. The lowest BCUT2D eigenvalue weighted by Crippen LogP contribution is -2.48. The summed E-state index contributed by atoms with van der Waals surface area (Å²) in [6.07, 6.45) is 4.54. The van der Waals surface area contributed by atoms with Crippen LogP contribution in [-0.2, 0) is 17.7 Å². The number of carbonyl (C=O) groups is 1. The van der Waals surface area contributed by atoms with Crippen molar-refractivity contribution in [1.29, 1.82) is 0 Å². The van der Waals surface area contributed by atoms with Crippen LogP contribution in [0.3, 0.4) is 0 Å². The second-order valence-corrected chi connectivity index (χ2v) is 8.70. The van der Waals surface area contributed by atoms with Crippen molar-refractivity contribution in [3.05, 3.63) is 57.5 Å². The number of aryl methyl sites for hydroxylation is 2. The van der Waals surface area contributed by atoms with E-state index in [0.29, 0.717) is 31.1 Å². The molecule has 174 valence electrons. The van der Waals surface area contributed by atoms with Gasteiger partial charge in [0, 0.05) is 50.7 Å². The first-order chi connectivity index (χ1) is 16.0. The van der Waals surface area contributed by atoms with E-state index in [9.17, 15) is 9.59 Å². The maximum Gasteiger partial charge on any atom is 0.270 e. The third-order valence-electron chi connectivity index (χ3n) is 6.34. The standard InChI is InChI=1S/C23H29N7O3/c1-3-16-10-30-12-17(26-23(30)27-21(16)31)11-28-6-8-29(9-7-28)20-5-4-19(24-15(20)2)22(32)25-18-13-33-14-18/h4-5,10,12,18H,3,6-9,11,13-14H2,1-2H3,(H,25,32)(H,26,27,31). The van der Waals surface area contributed by atoms with E-state index in [1.165, 1.54) is 0 Å². The molecule has 2 aliphatic rings. The van der Waals surface area contributed by atoms with Crippen molar-refractivity contribution in [1.82, 2.24) is 29.6 Å². The van der Waals surface area contributed by atoms with Crippen molar-refractivity contribution in [3.63, 3.8) is 0 Å². The quantitative estimate of drug-likeness (QED) is 0.569. The Bertz CT molecular complexity index is 1220. The molecule has 0 saturated carbocycles. The monoisotopic (exact) mass is 451 g/mol. The fraction of sp³-hybridized carbons (Fsp3) is 0.478. The van der Waals surface area contributed by atoms with Gasteiger partial charge in [-0.15, -0.1) is 0 Å². The van der Waals surface area contributed by atoms with E-state index in [2.05, 4.69) is 30.1 Å².